The lowest BCUT2D eigenvalue weighted by atomic mass is 10.7. The van der Waals surface area contributed by atoms with Crippen LogP contribution in [0.5, 0.6) is 6.01 Å². The molecule has 2 aromatic rings. The first-order chi connectivity index (χ1) is 9.19. The van der Waals surface area contributed by atoms with Crippen molar-refractivity contribution in [3.63, 3.8) is 0 Å². The minimum atomic E-state index is -2.59. The third kappa shape index (κ3) is 3.57. The lowest BCUT2D eigenvalue weighted by Crippen LogP contribution is -2.14. The summed E-state index contributed by atoms with van der Waals surface area (Å²) >= 11 is 0. The average molecular weight is 270 g/mol. The molecule has 0 aliphatic carbocycles. The summed E-state index contributed by atoms with van der Waals surface area (Å²) in [6.45, 7) is 1.67. The Bertz CT molecular complexity index is 519. The van der Waals surface area contributed by atoms with Gasteiger partial charge < -0.3 is 10.1 Å². The summed E-state index contributed by atoms with van der Waals surface area (Å²) in [5.74, 6) is 0.437. The van der Waals surface area contributed by atoms with Crippen molar-refractivity contribution in [3.05, 3.63) is 18.5 Å². The van der Waals surface area contributed by atoms with E-state index in [0.717, 1.165) is 0 Å². The number of nitrogens with one attached hydrogen (secondary N) is 1. The number of halogens is 2. The second-order valence-electron chi connectivity index (χ2n) is 3.42. The van der Waals surface area contributed by atoms with Crippen molar-refractivity contribution in [3.8, 4) is 12.0 Å². The first-order valence-electron chi connectivity index (χ1n) is 5.60. The summed E-state index contributed by atoms with van der Waals surface area (Å²) in [5, 5.41) is 6.82. The van der Waals surface area contributed by atoms with Gasteiger partial charge in [0.2, 0.25) is 5.95 Å². The zero-order valence-corrected chi connectivity index (χ0v) is 10.1. The Morgan fingerprint density at radius 1 is 1.37 bits per heavy atom. The first kappa shape index (κ1) is 13.1. The molecule has 0 saturated carbocycles. The smallest absolute Gasteiger partial charge is 0.323 e. The van der Waals surface area contributed by atoms with Crippen LogP contribution in [0.1, 0.15) is 6.92 Å². The van der Waals surface area contributed by atoms with Crippen LogP contribution in [0.25, 0.3) is 5.95 Å². The monoisotopic (exact) mass is 270 g/mol. The Hall–Kier alpha value is -2.32. The maximum atomic E-state index is 12.1. The molecule has 2 rings (SSSR count). The fourth-order valence-corrected chi connectivity index (χ4v) is 1.27. The van der Waals surface area contributed by atoms with Crippen molar-refractivity contribution >= 4 is 5.95 Å². The standard InChI is InChI=1S/C10H12F2N6O/c1-2-13-8-15-9(18-5-3-4-14-18)17-10(16-8)19-6-7(11)12/h3-5,7H,2,6H2,1H3,(H,13,15,16,17). The molecule has 0 saturated heterocycles. The number of anilines is 1. The molecule has 2 heterocycles. The molecule has 0 aliphatic rings. The van der Waals surface area contributed by atoms with Crippen LogP contribution in [-0.4, -0.2) is 44.3 Å². The molecule has 9 heteroatoms. The molecule has 0 fully saturated rings. The predicted molar refractivity (Wildman–Crippen MR) is 62.6 cm³/mol. The zero-order chi connectivity index (χ0) is 13.7. The molecule has 1 N–H and O–H groups in total. The van der Waals surface area contributed by atoms with E-state index in [9.17, 15) is 8.78 Å². The molecule has 7 nitrogen and oxygen atoms in total. The number of hydrogen-bond acceptors (Lipinski definition) is 6. The summed E-state index contributed by atoms with van der Waals surface area (Å²) in [7, 11) is 0. The maximum Gasteiger partial charge on any atom is 0.323 e. The molecule has 0 aliphatic heterocycles. The highest BCUT2D eigenvalue weighted by atomic mass is 19.3. The van der Waals surface area contributed by atoms with Gasteiger partial charge in [-0.2, -0.15) is 20.1 Å². The highest BCUT2D eigenvalue weighted by molar-refractivity contribution is 5.29. The number of ether oxygens (including phenoxy) is 1. The van der Waals surface area contributed by atoms with Crippen LogP contribution < -0.4 is 10.1 Å². The number of aromatic nitrogens is 5. The van der Waals surface area contributed by atoms with Crippen molar-refractivity contribution < 1.29 is 13.5 Å². The van der Waals surface area contributed by atoms with Gasteiger partial charge in [0.1, 0.15) is 0 Å². The Morgan fingerprint density at radius 2 is 2.21 bits per heavy atom. The molecule has 0 bridgehead atoms. The van der Waals surface area contributed by atoms with E-state index in [-0.39, 0.29) is 17.9 Å². The Balaban J connectivity index is 2.27. The van der Waals surface area contributed by atoms with E-state index in [1.54, 1.807) is 18.5 Å². The lowest BCUT2D eigenvalue weighted by Gasteiger charge is -2.08. The molecule has 0 spiro atoms. The van der Waals surface area contributed by atoms with Crippen molar-refractivity contribution in [2.24, 2.45) is 0 Å². The summed E-state index contributed by atoms with van der Waals surface area (Å²) in [6, 6.07) is 1.52. The Kier molecular flexibility index (Phi) is 4.16. The first-order valence-corrected chi connectivity index (χ1v) is 5.60. The number of hydrogen-bond donors (Lipinski definition) is 1. The van der Waals surface area contributed by atoms with Crippen LogP contribution in [0.2, 0.25) is 0 Å². The van der Waals surface area contributed by atoms with E-state index in [4.69, 9.17) is 4.74 Å². The second kappa shape index (κ2) is 6.03. The molecular formula is C10H12F2N6O. The quantitative estimate of drug-likeness (QED) is 0.848. The highest BCUT2D eigenvalue weighted by Crippen LogP contribution is 2.11. The summed E-state index contributed by atoms with van der Waals surface area (Å²) in [4.78, 5) is 11.9. The van der Waals surface area contributed by atoms with Gasteiger partial charge in [0.25, 0.3) is 12.4 Å². The summed E-state index contributed by atoms with van der Waals surface area (Å²) in [5.41, 5.74) is 0. The van der Waals surface area contributed by atoms with Gasteiger partial charge >= 0.3 is 6.01 Å². The van der Waals surface area contributed by atoms with Gasteiger partial charge in [-0.05, 0) is 13.0 Å². The van der Waals surface area contributed by atoms with Crippen LogP contribution in [0.4, 0.5) is 14.7 Å². The van der Waals surface area contributed by atoms with Gasteiger partial charge in [0.05, 0.1) is 0 Å². The van der Waals surface area contributed by atoms with Gasteiger partial charge in [-0.3, -0.25) is 0 Å². The fraction of sp³-hybridized carbons (Fsp3) is 0.400. The third-order valence-corrected chi connectivity index (χ3v) is 1.99. The van der Waals surface area contributed by atoms with E-state index >= 15 is 0 Å². The van der Waals surface area contributed by atoms with E-state index in [0.29, 0.717) is 6.54 Å². The molecule has 0 atom stereocenters. The number of nitrogens with zero attached hydrogens (tertiary/aromatic N) is 5. The van der Waals surface area contributed by atoms with Gasteiger partial charge in [-0.25, -0.2) is 13.5 Å². The van der Waals surface area contributed by atoms with Crippen molar-refractivity contribution in [2.75, 3.05) is 18.5 Å². The molecule has 0 amide bonds. The molecule has 102 valence electrons. The van der Waals surface area contributed by atoms with E-state index in [1.807, 2.05) is 6.92 Å². The largest absolute Gasteiger partial charge is 0.457 e. The van der Waals surface area contributed by atoms with Crippen LogP contribution in [0.15, 0.2) is 18.5 Å². The minimum Gasteiger partial charge on any atom is -0.457 e. The average Bonchev–Trinajstić information content (AvgIpc) is 2.90. The van der Waals surface area contributed by atoms with Crippen LogP contribution in [-0.2, 0) is 0 Å². The molecule has 0 aromatic carbocycles. The maximum absolute atomic E-state index is 12.1. The van der Waals surface area contributed by atoms with Crippen LogP contribution >= 0.6 is 0 Å². The normalized spacial score (nSPS) is 10.7. The predicted octanol–water partition coefficient (Wildman–Crippen LogP) is 1.13. The Labute approximate surface area is 107 Å². The van der Waals surface area contributed by atoms with Crippen LogP contribution in [0, 0.1) is 0 Å². The van der Waals surface area contributed by atoms with Gasteiger partial charge in [0, 0.05) is 18.9 Å². The molecule has 0 radical (unpaired) electrons. The fourth-order valence-electron chi connectivity index (χ4n) is 1.27. The van der Waals surface area contributed by atoms with Crippen molar-refractivity contribution in [1.29, 1.82) is 0 Å². The lowest BCUT2D eigenvalue weighted by molar-refractivity contribution is 0.0769. The summed E-state index contributed by atoms with van der Waals surface area (Å²) < 4.78 is 30.4. The topological polar surface area (TPSA) is 77.8 Å². The number of rotatable bonds is 6. The van der Waals surface area contributed by atoms with E-state index in [1.165, 1.54) is 4.68 Å². The van der Waals surface area contributed by atoms with Crippen molar-refractivity contribution in [2.45, 2.75) is 13.3 Å². The molecule has 0 unspecified atom stereocenters. The van der Waals surface area contributed by atoms with Crippen molar-refractivity contribution in [1.82, 2.24) is 24.7 Å². The molecule has 2 aromatic heterocycles. The zero-order valence-electron chi connectivity index (χ0n) is 10.1. The van der Waals surface area contributed by atoms with Crippen LogP contribution in [0.3, 0.4) is 0 Å². The van der Waals surface area contributed by atoms with Gasteiger partial charge in [-0.15, -0.1) is 0 Å². The highest BCUT2D eigenvalue weighted by Gasteiger charge is 2.11. The van der Waals surface area contributed by atoms with Gasteiger partial charge in [-0.1, -0.05) is 0 Å². The third-order valence-electron chi connectivity index (χ3n) is 1.99. The van der Waals surface area contributed by atoms with Gasteiger partial charge in [0.15, 0.2) is 6.61 Å². The second-order valence-corrected chi connectivity index (χ2v) is 3.42. The summed E-state index contributed by atoms with van der Waals surface area (Å²) in [6.07, 6.45) is 0.589. The minimum absolute atomic E-state index is 0.170. The van der Waals surface area contributed by atoms with E-state index < -0.39 is 13.0 Å². The Morgan fingerprint density at radius 3 is 2.84 bits per heavy atom. The molecular weight excluding hydrogens is 258 g/mol. The van der Waals surface area contributed by atoms with E-state index in [2.05, 4.69) is 25.4 Å². The molecule has 19 heavy (non-hydrogen) atoms. The SMILES string of the molecule is CCNc1nc(OCC(F)F)nc(-n2cccn2)n1. The number of alkyl halides is 2.